The van der Waals surface area contributed by atoms with Gasteiger partial charge in [0.05, 0.1) is 39.3 Å². The van der Waals surface area contributed by atoms with E-state index in [0.29, 0.717) is 13.2 Å². The minimum atomic E-state index is -3.80. The smallest absolute Gasteiger partial charge is 0.253 e. The summed E-state index contributed by atoms with van der Waals surface area (Å²) in [6, 6.07) is 10.8. The third kappa shape index (κ3) is 6.35. The molecular formula is C21H23Cl2N3O5S. The first kappa shape index (κ1) is 24.3. The minimum Gasteiger partial charge on any atom is -0.376 e. The predicted molar refractivity (Wildman–Crippen MR) is 125 cm³/mol. The van der Waals surface area contributed by atoms with Gasteiger partial charge in [-0.3, -0.25) is 13.9 Å². The third-order valence-electron chi connectivity index (χ3n) is 4.84. The maximum Gasteiger partial charge on any atom is 0.253 e. The molecule has 0 saturated carbocycles. The molecule has 32 heavy (non-hydrogen) atoms. The standard InChI is InChI=1S/C21H23Cl2N3O5S/c1-32(29,30)26(14-8-9-17(22)18(23)11-14)13-20(27)25-19-7-3-2-6-16(19)21(28)24-12-15-5-4-10-31-15/h2-3,6-9,11,15H,4-5,10,12-13H2,1H3,(H,24,28)(H,25,27)/t15-/m0/s1. The first-order valence-electron chi connectivity index (χ1n) is 9.86. The molecule has 2 amide bonds. The van der Waals surface area contributed by atoms with E-state index in [1.54, 1.807) is 24.3 Å². The van der Waals surface area contributed by atoms with E-state index in [2.05, 4.69) is 10.6 Å². The number of hydrogen-bond donors (Lipinski definition) is 2. The molecule has 8 nitrogen and oxygen atoms in total. The van der Waals surface area contributed by atoms with Gasteiger partial charge in [0.1, 0.15) is 6.54 Å². The maximum atomic E-state index is 12.7. The normalized spacial score (nSPS) is 15.9. The van der Waals surface area contributed by atoms with Crippen LogP contribution in [0.1, 0.15) is 23.2 Å². The fourth-order valence-corrected chi connectivity index (χ4v) is 4.40. The van der Waals surface area contributed by atoms with Crippen LogP contribution in [0.3, 0.4) is 0 Å². The summed E-state index contributed by atoms with van der Waals surface area (Å²) in [7, 11) is -3.80. The molecule has 1 aliphatic heterocycles. The maximum absolute atomic E-state index is 12.7. The number of amides is 2. The van der Waals surface area contributed by atoms with Crippen LogP contribution in [-0.4, -0.2) is 52.3 Å². The summed E-state index contributed by atoms with van der Waals surface area (Å²) in [4.78, 5) is 25.3. The second-order valence-corrected chi connectivity index (χ2v) is 10.0. The average Bonchev–Trinajstić information content (AvgIpc) is 3.26. The van der Waals surface area contributed by atoms with Gasteiger partial charge in [0, 0.05) is 13.2 Å². The van der Waals surface area contributed by atoms with Crippen LogP contribution in [-0.2, 0) is 19.6 Å². The van der Waals surface area contributed by atoms with Crippen molar-refractivity contribution in [1.82, 2.24) is 5.32 Å². The molecule has 0 aliphatic carbocycles. The lowest BCUT2D eigenvalue weighted by Crippen LogP contribution is -2.38. The van der Waals surface area contributed by atoms with Gasteiger partial charge < -0.3 is 15.4 Å². The number of halogens is 2. The van der Waals surface area contributed by atoms with E-state index < -0.39 is 22.5 Å². The Labute approximate surface area is 196 Å². The Kier molecular flexibility index (Phi) is 8.00. The molecule has 0 aromatic heterocycles. The molecule has 172 valence electrons. The summed E-state index contributed by atoms with van der Waals surface area (Å²) in [6.07, 6.45) is 2.81. The lowest BCUT2D eigenvalue weighted by molar-refractivity contribution is -0.114. The molecule has 3 rings (SSSR count). The Morgan fingerprint density at radius 1 is 1.16 bits per heavy atom. The first-order valence-corrected chi connectivity index (χ1v) is 12.5. The fourth-order valence-electron chi connectivity index (χ4n) is 3.26. The van der Waals surface area contributed by atoms with Crippen molar-refractivity contribution in [3.05, 3.63) is 58.1 Å². The fraction of sp³-hybridized carbons (Fsp3) is 0.333. The van der Waals surface area contributed by atoms with Gasteiger partial charge in [0.2, 0.25) is 15.9 Å². The Hall–Kier alpha value is -2.33. The van der Waals surface area contributed by atoms with E-state index in [1.165, 1.54) is 18.2 Å². The third-order valence-corrected chi connectivity index (χ3v) is 6.72. The number of carbonyl (C=O) groups excluding carboxylic acids is 2. The summed E-state index contributed by atoms with van der Waals surface area (Å²) in [5.41, 5.74) is 0.726. The van der Waals surface area contributed by atoms with Gasteiger partial charge in [-0.05, 0) is 43.2 Å². The number of hydrogen-bond acceptors (Lipinski definition) is 5. The van der Waals surface area contributed by atoms with Gasteiger partial charge in [-0.1, -0.05) is 35.3 Å². The molecule has 1 saturated heterocycles. The van der Waals surface area contributed by atoms with E-state index >= 15 is 0 Å². The Morgan fingerprint density at radius 2 is 1.91 bits per heavy atom. The van der Waals surface area contributed by atoms with Crippen molar-refractivity contribution in [2.24, 2.45) is 0 Å². The van der Waals surface area contributed by atoms with E-state index in [0.717, 1.165) is 23.4 Å². The Bertz CT molecular complexity index is 1100. The summed E-state index contributed by atoms with van der Waals surface area (Å²) >= 11 is 11.9. The lowest BCUT2D eigenvalue weighted by atomic mass is 10.1. The van der Waals surface area contributed by atoms with Crippen LogP contribution < -0.4 is 14.9 Å². The van der Waals surface area contributed by atoms with E-state index in [9.17, 15) is 18.0 Å². The van der Waals surface area contributed by atoms with E-state index in [4.69, 9.17) is 27.9 Å². The first-order chi connectivity index (χ1) is 15.1. The average molecular weight is 500 g/mol. The number of sulfonamides is 1. The highest BCUT2D eigenvalue weighted by Crippen LogP contribution is 2.28. The highest BCUT2D eigenvalue weighted by molar-refractivity contribution is 7.92. The Morgan fingerprint density at radius 3 is 2.56 bits per heavy atom. The zero-order chi connectivity index (χ0) is 23.3. The van der Waals surface area contributed by atoms with Crippen LogP contribution in [0.5, 0.6) is 0 Å². The molecule has 2 aromatic carbocycles. The zero-order valence-corrected chi connectivity index (χ0v) is 19.6. The number of para-hydroxylation sites is 1. The molecule has 0 spiro atoms. The summed E-state index contributed by atoms with van der Waals surface area (Å²) < 4.78 is 31.0. The molecule has 2 N–H and O–H groups in total. The molecule has 0 bridgehead atoms. The number of anilines is 2. The van der Waals surface area contributed by atoms with Crippen LogP contribution in [0.15, 0.2) is 42.5 Å². The minimum absolute atomic E-state index is 0.0183. The van der Waals surface area contributed by atoms with Gasteiger partial charge in [-0.15, -0.1) is 0 Å². The van der Waals surface area contributed by atoms with Gasteiger partial charge in [-0.2, -0.15) is 0 Å². The van der Waals surface area contributed by atoms with Crippen molar-refractivity contribution < 1.29 is 22.7 Å². The molecule has 1 atom stereocenters. The van der Waals surface area contributed by atoms with Crippen LogP contribution >= 0.6 is 23.2 Å². The largest absolute Gasteiger partial charge is 0.376 e. The zero-order valence-electron chi connectivity index (χ0n) is 17.3. The SMILES string of the molecule is CS(=O)(=O)N(CC(=O)Nc1ccccc1C(=O)NC[C@@H]1CCCO1)c1ccc(Cl)c(Cl)c1. The van der Waals surface area contributed by atoms with Crippen molar-refractivity contribution in [3.63, 3.8) is 0 Å². The van der Waals surface area contributed by atoms with Gasteiger partial charge in [0.25, 0.3) is 5.91 Å². The molecule has 1 heterocycles. The van der Waals surface area contributed by atoms with Crippen molar-refractivity contribution in [1.29, 1.82) is 0 Å². The molecule has 1 fully saturated rings. The topological polar surface area (TPSA) is 105 Å². The molecule has 0 radical (unpaired) electrons. The van der Waals surface area contributed by atoms with Gasteiger partial charge in [-0.25, -0.2) is 8.42 Å². The van der Waals surface area contributed by atoms with E-state index in [-0.39, 0.29) is 39.0 Å². The van der Waals surface area contributed by atoms with Crippen molar-refractivity contribution in [3.8, 4) is 0 Å². The van der Waals surface area contributed by atoms with Crippen molar-refractivity contribution in [2.45, 2.75) is 18.9 Å². The highest BCUT2D eigenvalue weighted by atomic mass is 35.5. The van der Waals surface area contributed by atoms with Gasteiger partial charge in [0.15, 0.2) is 0 Å². The van der Waals surface area contributed by atoms with Crippen molar-refractivity contribution in [2.75, 3.05) is 35.6 Å². The number of rotatable bonds is 8. The van der Waals surface area contributed by atoms with Crippen LogP contribution in [0.25, 0.3) is 0 Å². The lowest BCUT2D eigenvalue weighted by Gasteiger charge is -2.22. The summed E-state index contributed by atoms with van der Waals surface area (Å²) in [5, 5.41) is 5.85. The number of carbonyl (C=O) groups is 2. The molecule has 11 heteroatoms. The number of nitrogens with one attached hydrogen (secondary N) is 2. The van der Waals surface area contributed by atoms with Crippen LogP contribution in [0, 0.1) is 0 Å². The summed E-state index contributed by atoms with van der Waals surface area (Å²) in [5.74, 6) is -0.985. The van der Waals surface area contributed by atoms with Gasteiger partial charge >= 0.3 is 0 Å². The van der Waals surface area contributed by atoms with Crippen LogP contribution in [0.2, 0.25) is 10.0 Å². The van der Waals surface area contributed by atoms with Crippen LogP contribution in [0.4, 0.5) is 11.4 Å². The molecule has 2 aromatic rings. The second kappa shape index (κ2) is 10.5. The number of benzene rings is 2. The molecular weight excluding hydrogens is 477 g/mol. The number of nitrogens with zero attached hydrogens (tertiary/aromatic N) is 1. The highest BCUT2D eigenvalue weighted by Gasteiger charge is 2.23. The monoisotopic (exact) mass is 499 g/mol. The predicted octanol–water partition coefficient (Wildman–Crippen LogP) is 3.31. The molecule has 0 unspecified atom stereocenters. The Balaban J connectivity index is 1.72. The molecule has 1 aliphatic rings. The van der Waals surface area contributed by atoms with E-state index in [1.807, 2.05) is 0 Å². The second-order valence-electron chi connectivity index (χ2n) is 7.31. The van der Waals surface area contributed by atoms with Crippen molar-refractivity contribution >= 4 is 56.4 Å². The number of ether oxygens (including phenoxy) is 1. The summed E-state index contributed by atoms with van der Waals surface area (Å²) in [6.45, 7) is 0.547. The quantitative estimate of drug-likeness (QED) is 0.579.